The van der Waals surface area contributed by atoms with Crippen LogP contribution in [0.25, 0.3) is 17.3 Å². The van der Waals surface area contributed by atoms with Crippen LogP contribution >= 0.6 is 11.8 Å². The molecule has 0 spiro atoms. The molecule has 40 heavy (non-hydrogen) atoms. The number of hydrogen-bond donors (Lipinski definition) is 1. The number of halogens is 1. The Kier molecular flexibility index (Phi) is 7.96. The van der Waals surface area contributed by atoms with E-state index in [-0.39, 0.29) is 16.4 Å². The van der Waals surface area contributed by atoms with E-state index in [9.17, 15) is 18.8 Å². The molecule has 0 unspecified atom stereocenters. The summed E-state index contributed by atoms with van der Waals surface area (Å²) in [6, 6.07) is 9.48. The van der Waals surface area contributed by atoms with Gasteiger partial charge in [0.15, 0.2) is 0 Å². The molecular formula is C28H26FN5O5S. The Morgan fingerprint density at radius 1 is 1.02 bits per heavy atom. The number of amides is 3. The van der Waals surface area contributed by atoms with Gasteiger partial charge in [0.05, 0.1) is 37.2 Å². The maximum absolute atomic E-state index is 14.9. The van der Waals surface area contributed by atoms with Crippen molar-refractivity contribution in [3.05, 3.63) is 70.6 Å². The van der Waals surface area contributed by atoms with Crippen LogP contribution in [0.3, 0.4) is 0 Å². The van der Waals surface area contributed by atoms with E-state index in [0.717, 1.165) is 11.8 Å². The second-order valence-electron chi connectivity index (χ2n) is 9.09. The highest BCUT2D eigenvalue weighted by Crippen LogP contribution is 2.29. The van der Waals surface area contributed by atoms with Gasteiger partial charge < -0.3 is 19.3 Å². The van der Waals surface area contributed by atoms with Crippen molar-refractivity contribution in [2.45, 2.75) is 6.42 Å². The molecule has 3 amide bonds. The molecule has 3 heterocycles. The van der Waals surface area contributed by atoms with E-state index in [1.807, 2.05) is 4.90 Å². The molecule has 0 bridgehead atoms. The van der Waals surface area contributed by atoms with Gasteiger partial charge in [-0.1, -0.05) is 6.07 Å². The van der Waals surface area contributed by atoms with Crippen molar-refractivity contribution in [1.29, 1.82) is 0 Å². The number of hydrogen-bond acceptors (Lipinski definition) is 9. The predicted molar refractivity (Wildman–Crippen MR) is 149 cm³/mol. The van der Waals surface area contributed by atoms with Crippen molar-refractivity contribution in [3.63, 3.8) is 0 Å². The maximum Gasteiger partial charge on any atom is 0.290 e. The number of nitrogens with one attached hydrogen (secondary N) is 1. The third-order valence-electron chi connectivity index (χ3n) is 6.53. The number of methoxy groups -OCH3 is 2. The first-order valence-electron chi connectivity index (χ1n) is 12.5. The van der Waals surface area contributed by atoms with Crippen molar-refractivity contribution in [1.82, 2.24) is 20.2 Å². The number of aromatic nitrogens is 2. The molecule has 2 aromatic carbocycles. The molecule has 2 aliphatic heterocycles. The summed E-state index contributed by atoms with van der Waals surface area (Å²) in [5.41, 5.74) is 1.58. The highest BCUT2D eigenvalue weighted by atomic mass is 32.2. The van der Waals surface area contributed by atoms with Crippen molar-refractivity contribution < 1.29 is 28.2 Å². The van der Waals surface area contributed by atoms with Gasteiger partial charge in [0.1, 0.15) is 23.1 Å². The zero-order valence-corrected chi connectivity index (χ0v) is 22.7. The van der Waals surface area contributed by atoms with E-state index in [1.54, 1.807) is 35.4 Å². The summed E-state index contributed by atoms with van der Waals surface area (Å²) in [5, 5.41) is 1.76. The number of rotatable bonds is 6. The third kappa shape index (κ3) is 5.91. The van der Waals surface area contributed by atoms with Crippen LogP contribution in [-0.2, 0) is 4.79 Å². The van der Waals surface area contributed by atoms with E-state index in [0.29, 0.717) is 66.7 Å². The van der Waals surface area contributed by atoms with E-state index in [4.69, 9.17) is 9.47 Å². The van der Waals surface area contributed by atoms with Crippen molar-refractivity contribution in [3.8, 4) is 22.8 Å². The predicted octanol–water partition coefficient (Wildman–Crippen LogP) is 3.98. The number of carbonyl (C=O) groups is 3. The number of nitrogens with zero attached hydrogens (tertiary/aromatic N) is 4. The summed E-state index contributed by atoms with van der Waals surface area (Å²) in [4.78, 5) is 49.6. The molecule has 0 radical (unpaired) electrons. The Morgan fingerprint density at radius 2 is 1.80 bits per heavy atom. The zero-order chi connectivity index (χ0) is 28.2. The zero-order valence-electron chi connectivity index (χ0n) is 21.8. The molecule has 12 heteroatoms. The fourth-order valence-corrected chi connectivity index (χ4v) is 5.18. The summed E-state index contributed by atoms with van der Waals surface area (Å²) >= 11 is 0.795. The molecule has 2 aliphatic rings. The molecule has 5 rings (SSSR count). The first-order chi connectivity index (χ1) is 19.3. The molecule has 2 saturated heterocycles. The van der Waals surface area contributed by atoms with Crippen LogP contribution in [0.1, 0.15) is 22.3 Å². The average Bonchev–Trinajstić information content (AvgIpc) is 3.14. The molecule has 0 aliphatic carbocycles. The Hall–Kier alpha value is -4.45. The summed E-state index contributed by atoms with van der Waals surface area (Å²) in [6.45, 7) is 2.17. The number of anilines is 1. The van der Waals surface area contributed by atoms with Crippen molar-refractivity contribution in [2.24, 2.45) is 0 Å². The fraction of sp³-hybridized carbons (Fsp3) is 0.250. The van der Waals surface area contributed by atoms with E-state index in [2.05, 4.69) is 15.3 Å². The van der Waals surface area contributed by atoms with E-state index < -0.39 is 17.0 Å². The summed E-state index contributed by atoms with van der Waals surface area (Å²) in [7, 11) is 3.08. The molecule has 2 fully saturated rings. The van der Waals surface area contributed by atoms with Crippen LogP contribution in [-0.4, -0.2) is 72.3 Å². The first kappa shape index (κ1) is 27.1. The van der Waals surface area contributed by atoms with Gasteiger partial charge in [0.2, 0.25) is 0 Å². The molecule has 1 aromatic heterocycles. The minimum absolute atomic E-state index is 0.123. The fourth-order valence-electron chi connectivity index (χ4n) is 4.50. The summed E-state index contributed by atoms with van der Waals surface area (Å²) in [5.74, 6) is 0.545. The smallest absolute Gasteiger partial charge is 0.290 e. The SMILES string of the molecule is COc1cc(OC)cc(C(=O)N2CCCN(c3cncc(-c4cc(/C=C5\SC(=O)NC5=O)ccc4F)n3)CC2)c1. The lowest BCUT2D eigenvalue weighted by atomic mass is 10.1. The number of carbonyl (C=O) groups excluding carboxylic acids is 3. The lowest BCUT2D eigenvalue weighted by Gasteiger charge is -2.23. The Labute approximate surface area is 234 Å². The number of ether oxygens (including phenoxy) is 2. The van der Waals surface area contributed by atoms with Crippen molar-refractivity contribution in [2.75, 3.05) is 45.3 Å². The Balaban J connectivity index is 1.33. The van der Waals surface area contributed by atoms with Gasteiger partial charge in [-0.15, -0.1) is 0 Å². The van der Waals surface area contributed by atoms with Gasteiger partial charge in [0.25, 0.3) is 17.1 Å². The Morgan fingerprint density at radius 3 is 2.50 bits per heavy atom. The van der Waals surface area contributed by atoms with Gasteiger partial charge >= 0.3 is 0 Å². The quantitative estimate of drug-likeness (QED) is 0.445. The maximum atomic E-state index is 14.9. The van der Waals surface area contributed by atoms with Gasteiger partial charge in [-0.05, 0) is 54.1 Å². The standard InChI is InChI=1S/C28H26FN5O5S/c1-38-19-12-18(13-20(14-19)39-2)27(36)34-7-3-6-33(8-9-34)25-16-30-15-23(31-25)21-10-17(4-5-22(21)29)11-24-26(35)32-28(37)40-24/h4-5,10-16H,3,6-9H2,1-2H3,(H,32,35,37)/b24-11-. The summed E-state index contributed by atoms with van der Waals surface area (Å²) in [6.07, 6.45) is 5.32. The first-order valence-corrected chi connectivity index (χ1v) is 13.3. The van der Waals surface area contributed by atoms with Gasteiger partial charge in [-0.25, -0.2) is 9.37 Å². The lowest BCUT2D eigenvalue weighted by Crippen LogP contribution is -2.35. The van der Waals surface area contributed by atoms with E-state index >= 15 is 0 Å². The van der Waals surface area contributed by atoms with Crippen LogP contribution in [0.15, 0.2) is 53.7 Å². The monoisotopic (exact) mass is 563 g/mol. The van der Waals surface area contributed by atoms with Crippen LogP contribution in [0.4, 0.5) is 15.0 Å². The molecule has 0 saturated carbocycles. The minimum Gasteiger partial charge on any atom is -0.497 e. The topological polar surface area (TPSA) is 114 Å². The molecule has 10 nitrogen and oxygen atoms in total. The van der Waals surface area contributed by atoms with Gasteiger partial charge in [-0.3, -0.25) is 24.7 Å². The minimum atomic E-state index is -0.491. The van der Waals surface area contributed by atoms with Crippen LogP contribution in [0.2, 0.25) is 0 Å². The highest BCUT2D eigenvalue weighted by molar-refractivity contribution is 8.18. The third-order valence-corrected chi connectivity index (χ3v) is 7.34. The second-order valence-corrected chi connectivity index (χ2v) is 10.1. The van der Waals surface area contributed by atoms with Crippen molar-refractivity contribution >= 4 is 40.7 Å². The van der Waals surface area contributed by atoms with Crippen LogP contribution < -0.4 is 19.7 Å². The Bertz CT molecular complexity index is 1490. The van der Waals surface area contributed by atoms with Gasteiger partial charge in [-0.2, -0.15) is 0 Å². The number of benzene rings is 2. The van der Waals surface area contributed by atoms with E-state index in [1.165, 1.54) is 38.6 Å². The largest absolute Gasteiger partial charge is 0.497 e. The second kappa shape index (κ2) is 11.7. The molecule has 1 N–H and O–H groups in total. The summed E-state index contributed by atoms with van der Waals surface area (Å²) < 4.78 is 25.5. The van der Waals surface area contributed by atoms with Crippen LogP contribution in [0.5, 0.6) is 11.5 Å². The van der Waals surface area contributed by atoms with Gasteiger partial charge in [0, 0.05) is 43.4 Å². The highest BCUT2D eigenvalue weighted by Gasteiger charge is 2.25. The number of thioether (sulfide) groups is 1. The lowest BCUT2D eigenvalue weighted by molar-refractivity contribution is -0.115. The molecule has 0 atom stereocenters. The molecular weight excluding hydrogens is 537 g/mol. The molecule has 3 aromatic rings. The molecule has 206 valence electrons. The van der Waals surface area contributed by atoms with Crippen LogP contribution in [0, 0.1) is 5.82 Å². The number of imide groups is 1. The average molecular weight is 564 g/mol. The normalized spacial score (nSPS) is 16.6.